The van der Waals surface area contributed by atoms with Crippen molar-refractivity contribution >= 4 is 7.82 Å². The second-order valence-electron chi connectivity index (χ2n) is 6.46. The van der Waals surface area contributed by atoms with Crippen molar-refractivity contribution in [3.8, 4) is 18.1 Å². The van der Waals surface area contributed by atoms with E-state index in [-0.39, 0.29) is 15.9 Å². The van der Waals surface area contributed by atoms with Crippen molar-refractivity contribution < 1.29 is 40.9 Å². The number of phosphoric ester groups is 1. The van der Waals surface area contributed by atoms with Gasteiger partial charge in [0.2, 0.25) is 5.85 Å². The fourth-order valence-electron chi connectivity index (χ4n) is 2.84. The van der Waals surface area contributed by atoms with Gasteiger partial charge in [0, 0.05) is 18.2 Å². The van der Waals surface area contributed by atoms with Gasteiger partial charge < -0.3 is 14.4 Å². The lowest BCUT2D eigenvalue weighted by atomic mass is 10.2. The lowest BCUT2D eigenvalue weighted by Crippen LogP contribution is -2.37. The number of terminal acetylenes is 1. The predicted octanol–water partition coefficient (Wildman–Crippen LogP) is 1.34. The molecule has 1 saturated heterocycles. The molecule has 1 unspecified atom stereocenters. The van der Waals surface area contributed by atoms with Gasteiger partial charge in [0.1, 0.15) is 29.8 Å². The molecule has 0 saturated carbocycles. The average molecular weight is 459 g/mol. The summed E-state index contributed by atoms with van der Waals surface area (Å²) in [4.78, 5) is 25.6. The van der Waals surface area contributed by atoms with Crippen LogP contribution >= 0.6 is 7.82 Å². The molecular formula is C18H15F2N2O8P. The normalized spacial score (nSPS) is 34.0. The van der Waals surface area contributed by atoms with Crippen molar-refractivity contribution in [1.29, 1.82) is 0 Å². The molecule has 2 N–H and O–H groups in total. The summed E-state index contributed by atoms with van der Waals surface area (Å²) >= 11 is 0. The van der Waals surface area contributed by atoms with Gasteiger partial charge in [-0.2, -0.15) is 0 Å². The Morgan fingerprint density at radius 1 is 1.55 bits per heavy atom. The molecule has 2 aliphatic rings. The Morgan fingerprint density at radius 3 is 3.06 bits per heavy atom. The zero-order valence-corrected chi connectivity index (χ0v) is 16.2. The summed E-state index contributed by atoms with van der Waals surface area (Å²) in [7, 11) is -4.84. The molecule has 13 heteroatoms. The molecule has 0 bridgehead atoms. The van der Waals surface area contributed by atoms with Crippen LogP contribution in [-0.4, -0.2) is 33.2 Å². The maximum absolute atomic E-state index is 15.7. The van der Waals surface area contributed by atoms with Crippen molar-refractivity contribution in [3.63, 3.8) is 0 Å². The number of H-pyrrole nitrogens is 1. The van der Waals surface area contributed by atoms with E-state index in [0.29, 0.717) is 6.20 Å². The van der Waals surface area contributed by atoms with Crippen LogP contribution in [0.25, 0.3) is 0 Å². The Bertz CT molecular complexity index is 1380. The quantitative estimate of drug-likeness (QED) is 0.518. The van der Waals surface area contributed by atoms with Crippen LogP contribution in [0.15, 0.2) is 34.0 Å². The van der Waals surface area contributed by atoms with Gasteiger partial charge >= 0.3 is 13.5 Å². The molecule has 0 aliphatic carbocycles. The van der Waals surface area contributed by atoms with Crippen molar-refractivity contribution in [2.75, 3.05) is 6.56 Å². The summed E-state index contributed by atoms with van der Waals surface area (Å²) in [6.45, 7) is -4.20. The molecule has 1 aromatic heterocycles. The number of ether oxygens (including phenoxy) is 1. The Balaban J connectivity index is 1.64. The second-order valence-corrected chi connectivity index (χ2v) is 7.98. The van der Waals surface area contributed by atoms with Gasteiger partial charge in [0.25, 0.3) is 5.56 Å². The lowest BCUT2D eigenvalue weighted by Gasteiger charge is -2.27. The van der Waals surface area contributed by atoms with E-state index in [1.807, 2.05) is 5.92 Å². The zero-order chi connectivity index (χ0) is 25.1. The molecule has 1 fully saturated rings. The Labute approximate surface area is 177 Å². The molecule has 1 aromatic carbocycles. The Morgan fingerprint density at radius 2 is 2.32 bits per heavy atom. The minimum atomic E-state index is -4.84. The number of halogens is 2. The van der Waals surface area contributed by atoms with Crippen LogP contribution in [0.5, 0.6) is 5.75 Å². The van der Waals surface area contributed by atoms with Crippen LogP contribution in [0.2, 0.25) is 0 Å². The molecule has 10 nitrogen and oxygen atoms in total. The molecule has 0 spiro atoms. The number of aliphatic hydroxyl groups excluding tert-OH is 1. The first-order chi connectivity index (χ1) is 15.7. The van der Waals surface area contributed by atoms with E-state index in [4.69, 9.17) is 28.8 Å². The summed E-state index contributed by atoms with van der Waals surface area (Å²) in [6, 6.07) is 3.07. The van der Waals surface area contributed by atoms with Gasteiger partial charge in [-0.05, 0) is 18.2 Å². The molecule has 0 radical (unpaired) electrons. The number of rotatable bonds is 4. The van der Waals surface area contributed by atoms with E-state index < -0.39 is 68.2 Å². The van der Waals surface area contributed by atoms with Crippen LogP contribution in [0, 0.1) is 18.2 Å². The maximum atomic E-state index is 15.7. The van der Waals surface area contributed by atoms with Crippen LogP contribution in [0.3, 0.4) is 0 Å². The number of aromatic amines is 1. The molecule has 4 atom stereocenters. The molecule has 3 heterocycles. The van der Waals surface area contributed by atoms with E-state index in [9.17, 15) is 23.7 Å². The van der Waals surface area contributed by atoms with Crippen molar-refractivity contribution in [1.82, 2.24) is 9.55 Å². The number of hydrogen-bond acceptors (Lipinski definition) is 8. The summed E-state index contributed by atoms with van der Waals surface area (Å²) in [5, 5.41) is 10.3. The number of benzene rings is 1. The fourth-order valence-corrected chi connectivity index (χ4v) is 3.94. The molecule has 2 aromatic rings. The third-order valence-electron chi connectivity index (χ3n) is 4.26. The van der Waals surface area contributed by atoms with Crippen LogP contribution in [0.4, 0.5) is 8.78 Å². The highest BCUT2D eigenvalue weighted by atomic mass is 31.2. The summed E-state index contributed by atoms with van der Waals surface area (Å²) in [6.07, 6.45) is -0.672. The highest BCUT2D eigenvalue weighted by Crippen LogP contribution is 2.55. The van der Waals surface area contributed by atoms with Crippen molar-refractivity contribution in [2.24, 2.45) is 0 Å². The number of nitrogens with one attached hydrogen (secondary N) is 1. The van der Waals surface area contributed by atoms with Crippen molar-refractivity contribution in [2.45, 2.75) is 31.2 Å². The first kappa shape index (κ1) is 17.8. The summed E-state index contributed by atoms with van der Waals surface area (Å²) < 4.78 is 85.7. The smallest absolute Gasteiger partial charge is 0.404 e. The number of fused-ring (bicyclic) bond motifs is 1. The molecule has 164 valence electrons. The number of aliphatic hydroxyl groups is 1. The number of nitrogens with zero attached hydrogens (tertiary/aromatic N) is 1. The van der Waals surface area contributed by atoms with E-state index in [2.05, 4.69) is 0 Å². The van der Waals surface area contributed by atoms with Crippen LogP contribution < -0.4 is 15.8 Å². The summed E-state index contributed by atoms with van der Waals surface area (Å²) in [5.74, 6) is -2.55. The third kappa shape index (κ3) is 4.19. The van der Waals surface area contributed by atoms with E-state index >= 15 is 4.39 Å². The monoisotopic (exact) mass is 459 g/mol. The highest BCUT2D eigenvalue weighted by molar-refractivity contribution is 7.49. The van der Waals surface area contributed by atoms with Crippen LogP contribution in [-0.2, 0) is 25.0 Å². The standard InChI is InChI=1S/C18H15F2N2O8P/c1-2-10-7-22(17(25)21-15(10)24)16-13(23)6-18(20,29-16)9-28-31(26)27-8-11-5-12(19)3-4-14(11)30-31/h1,3-5,7,13,16,23H,6,8-9H2,(H,21,24,25)/t13-,16-,18+,31?/m1/s1/i9D2,16D. The first-order valence-corrected chi connectivity index (χ1v) is 10.0. The fraction of sp³-hybridized carbons (Fsp3) is 0.333. The zero-order valence-electron chi connectivity index (χ0n) is 18.3. The Hall–Kier alpha value is -2.81. The number of hydrogen-bond donors (Lipinski definition) is 2. The van der Waals surface area contributed by atoms with E-state index in [0.717, 1.165) is 18.2 Å². The molecular weight excluding hydrogens is 441 g/mol. The van der Waals surface area contributed by atoms with Crippen LogP contribution in [0.1, 0.15) is 27.9 Å². The van der Waals surface area contributed by atoms with Gasteiger partial charge in [-0.3, -0.25) is 23.4 Å². The van der Waals surface area contributed by atoms with Gasteiger partial charge in [-0.25, -0.2) is 18.1 Å². The molecule has 0 amide bonds. The largest absolute Gasteiger partial charge is 0.530 e. The van der Waals surface area contributed by atoms with Gasteiger partial charge in [-0.15, -0.1) is 6.42 Å². The average Bonchev–Trinajstić information content (AvgIpc) is 2.98. The molecule has 4 rings (SSSR count). The minimum absolute atomic E-state index is 0.130. The summed E-state index contributed by atoms with van der Waals surface area (Å²) in [5.41, 5.74) is -2.62. The molecule has 2 aliphatic heterocycles. The van der Waals surface area contributed by atoms with E-state index in [1.54, 1.807) is 4.98 Å². The van der Waals surface area contributed by atoms with E-state index in [1.165, 1.54) is 0 Å². The maximum Gasteiger partial charge on any atom is 0.530 e. The van der Waals surface area contributed by atoms with Crippen molar-refractivity contribution in [3.05, 3.63) is 62.2 Å². The Kier molecular flexibility index (Phi) is 4.43. The molecule has 31 heavy (non-hydrogen) atoms. The first-order valence-electron chi connectivity index (χ1n) is 10.1. The topological polar surface area (TPSA) is 129 Å². The minimum Gasteiger partial charge on any atom is -0.404 e. The van der Waals surface area contributed by atoms with Gasteiger partial charge in [0.05, 0.1) is 10.7 Å². The lowest BCUT2D eigenvalue weighted by molar-refractivity contribution is -0.179. The number of aromatic nitrogens is 2. The third-order valence-corrected chi connectivity index (χ3v) is 5.44. The van der Waals surface area contributed by atoms with Gasteiger partial charge in [-0.1, -0.05) is 5.92 Å². The second kappa shape index (κ2) is 7.71. The predicted molar refractivity (Wildman–Crippen MR) is 99.2 cm³/mol. The number of phosphoric acid groups is 1. The highest BCUT2D eigenvalue weighted by Gasteiger charge is 2.50. The number of alkyl halides is 1. The van der Waals surface area contributed by atoms with Gasteiger partial charge in [0.15, 0.2) is 6.20 Å². The SMILES string of the molecule is [2H]C([2H])(OP1(=O)OCc2cc(F)ccc2O1)[C@]1(F)C[C@@H](O)[C@]([2H])(n2cc(C#C)c(=O)[nH]c2=O)O1.